The first-order valence-corrected chi connectivity index (χ1v) is 9.05. The third-order valence-electron chi connectivity index (χ3n) is 5.63. The molecular formula is C19H23N5O3. The van der Waals surface area contributed by atoms with Crippen molar-refractivity contribution in [2.24, 2.45) is 7.05 Å². The SMILES string of the molecule is Cc1cc(N2CN(c3ccccc3)C3(CCN(C(=O)O)CC3)C2=O)n(C)n1. The number of carbonyl (C=O) groups is 2. The lowest BCUT2D eigenvalue weighted by Gasteiger charge is -2.42. The van der Waals surface area contributed by atoms with E-state index < -0.39 is 11.6 Å². The van der Waals surface area contributed by atoms with E-state index in [9.17, 15) is 14.7 Å². The van der Waals surface area contributed by atoms with Crippen molar-refractivity contribution in [1.82, 2.24) is 14.7 Å². The molecule has 3 heterocycles. The molecule has 2 aliphatic heterocycles. The van der Waals surface area contributed by atoms with Crippen LogP contribution in [0.3, 0.4) is 0 Å². The first kappa shape index (κ1) is 17.4. The normalized spacial score (nSPS) is 19.2. The number of para-hydroxylation sites is 1. The van der Waals surface area contributed by atoms with Gasteiger partial charge in [-0.15, -0.1) is 0 Å². The van der Waals surface area contributed by atoms with Gasteiger partial charge in [-0.25, -0.2) is 4.79 Å². The summed E-state index contributed by atoms with van der Waals surface area (Å²) >= 11 is 0. The van der Waals surface area contributed by atoms with Crippen LogP contribution in [0.15, 0.2) is 36.4 Å². The summed E-state index contributed by atoms with van der Waals surface area (Å²) in [6, 6.07) is 11.8. The van der Waals surface area contributed by atoms with Gasteiger partial charge in [0.25, 0.3) is 5.91 Å². The molecule has 142 valence electrons. The van der Waals surface area contributed by atoms with Crippen LogP contribution in [0.5, 0.6) is 0 Å². The van der Waals surface area contributed by atoms with Gasteiger partial charge in [-0.1, -0.05) is 18.2 Å². The molecule has 4 rings (SSSR count). The molecular weight excluding hydrogens is 346 g/mol. The number of carbonyl (C=O) groups excluding carboxylic acids is 1. The predicted molar refractivity (Wildman–Crippen MR) is 101 cm³/mol. The Morgan fingerprint density at radius 1 is 1.19 bits per heavy atom. The highest BCUT2D eigenvalue weighted by atomic mass is 16.4. The van der Waals surface area contributed by atoms with E-state index in [1.54, 1.807) is 9.58 Å². The second-order valence-corrected chi connectivity index (χ2v) is 7.21. The summed E-state index contributed by atoms with van der Waals surface area (Å²) < 4.78 is 1.72. The van der Waals surface area contributed by atoms with Crippen molar-refractivity contribution in [3.63, 3.8) is 0 Å². The van der Waals surface area contributed by atoms with Gasteiger partial charge < -0.3 is 14.9 Å². The van der Waals surface area contributed by atoms with Crippen LogP contribution >= 0.6 is 0 Å². The van der Waals surface area contributed by atoms with Crippen LogP contribution in [-0.4, -0.2) is 57.1 Å². The molecule has 1 N–H and O–H groups in total. The van der Waals surface area contributed by atoms with E-state index in [-0.39, 0.29) is 5.91 Å². The summed E-state index contributed by atoms with van der Waals surface area (Å²) in [6.45, 7) is 3.03. The fourth-order valence-corrected chi connectivity index (χ4v) is 4.22. The lowest BCUT2D eigenvalue weighted by Crippen LogP contribution is -2.57. The highest BCUT2D eigenvalue weighted by Crippen LogP contribution is 2.41. The number of nitrogens with zero attached hydrogens (tertiary/aromatic N) is 5. The Labute approximate surface area is 157 Å². The number of carboxylic acid groups (broad SMARTS) is 1. The lowest BCUT2D eigenvalue weighted by atomic mass is 9.85. The molecule has 0 unspecified atom stereocenters. The maximum absolute atomic E-state index is 13.6. The number of likely N-dealkylation sites (tertiary alicyclic amines) is 1. The van der Waals surface area contributed by atoms with E-state index >= 15 is 0 Å². The van der Waals surface area contributed by atoms with Crippen molar-refractivity contribution in [3.8, 4) is 0 Å². The van der Waals surface area contributed by atoms with Crippen molar-refractivity contribution < 1.29 is 14.7 Å². The highest BCUT2D eigenvalue weighted by Gasteiger charge is 2.55. The molecule has 2 fully saturated rings. The average Bonchev–Trinajstić information content (AvgIpc) is 3.13. The molecule has 0 bridgehead atoms. The minimum Gasteiger partial charge on any atom is -0.465 e. The Bertz CT molecular complexity index is 871. The summed E-state index contributed by atoms with van der Waals surface area (Å²) in [7, 11) is 1.83. The molecule has 1 aromatic heterocycles. The highest BCUT2D eigenvalue weighted by molar-refractivity contribution is 6.05. The zero-order chi connectivity index (χ0) is 19.2. The maximum Gasteiger partial charge on any atom is 0.407 e. The van der Waals surface area contributed by atoms with E-state index in [1.165, 1.54) is 4.90 Å². The van der Waals surface area contributed by atoms with Gasteiger partial charge in [-0.05, 0) is 31.9 Å². The van der Waals surface area contributed by atoms with Crippen LogP contribution in [0.25, 0.3) is 0 Å². The van der Waals surface area contributed by atoms with Crippen LogP contribution in [0, 0.1) is 6.92 Å². The molecule has 1 aromatic carbocycles. The zero-order valence-corrected chi connectivity index (χ0v) is 15.5. The molecule has 0 aliphatic carbocycles. The maximum atomic E-state index is 13.6. The van der Waals surface area contributed by atoms with Crippen LogP contribution in [0.4, 0.5) is 16.3 Å². The number of hydrogen-bond donors (Lipinski definition) is 1. The Kier molecular flexibility index (Phi) is 4.05. The Morgan fingerprint density at radius 2 is 1.85 bits per heavy atom. The fraction of sp³-hybridized carbons (Fsp3) is 0.421. The number of hydrogen-bond acceptors (Lipinski definition) is 4. The molecule has 1 spiro atoms. The number of aromatic nitrogens is 2. The van der Waals surface area contributed by atoms with Crippen molar-refractivity contribution in [2.75, 3.05) is 29.6 Å². The molecule has 2 amide bonds. The molecule has 8 nitrogen and oxygen atoms in total. The van der Waals surface area contributed by atoms with Gasteiger partial charge in [0, 0.05) is 31.9 Å². The molecule has 27 heavy (non-hydrogen) atoms. The van der Waals surface area contributed by atoms with Crippen LogP contribution in [0.1, 0.15) is 18.5 Å². The topological polar surface area (TPSA) is 81.9 Å². The van der Waals surface area contributed by atoms with Gasteiger partial charge in [-0.3, -0.25) is 14.4 Å². The lowest BCUT2D eigenvalue weighted by molar-refractivity contribution is -0.123. The Morgan fingerprint density at radius 3 is 2.41 bits per heavy atom. The van der Waals surface area contributed by atoms with Gasteiger partial charge in [-0.2, -0.15) is 5.10 Å². The van der Waals surface area contributed by atoms with E-state index in [0.29, 0.717) is 32.6 Å². The van der Waals surface area contributed by atoms with Crippen molar-refractivity contribution in [1.29, 1.82) is 0 Å². The summed E-state index contributed by atoms with van der Waals surface area (Å²) in [5.74, 6) is 0.773. The summed E-state index contributed by atoms with van der Waals surface area (Å²) in [4.78, 5) is 30.2. The van der Waals surface area contributed by atoms with Crippen LogP contribution in [-0.2, 0) is 11.8 Å². The number of benzene rings is 1. The number of piperidine rings is 1. The first-order valence-electron chi connectivity index (χ1n) is 9.05. The number of rotatable bonds is 2. The van der Waals surface area contributed by atoms with E-state index in [4.69, 9.17) is 0 Å². The standard InChI is InChI=1S/C19H23N5O3/c1-14-12-16(21(2)20-14)23-13-24(15-6-4-3-5-7-15)19(17(23)25)8-10-22(11-9-19)18(26)27/h3-7,12H,8-11,13H2,1-2H3,(H,26,27). The van der Waals surface area contributed by atoms with Gasteiger partial charge in [0.1, 0.15) is 18.0 Å². The van der Waals surface area contributed by atoms with Gasteiger partial charge in [0.2, 0.25) is 0 Å². The number of aryl methyl sites for hydroxylation is 2. The average molecular weight is 369 g/mol. The summed E-state index contributed by atoms with van der Waals surface area (Å²) in [6.07, 6.45) is 0.0152. The molecule has 0 radical (unpaired) electrons. The van der Waals surface area contributed by atoms with E-state index in [1.807, 2.05) is 50.4 Å². The molecule has 0 atom stereocenters. The molecule has 8 heteroatoms. The Balaban J connectivity index is 1.73. The second-order valence-electron chi connectivity index (χ2n) is 7.21. The van der Waals surface area contributed by atoms with Crippen LogP contribution < -0.4 is 9.80 Å². The van der Waals surface area contributed by atoms with Crippen LogP contribution in [0.2, 0.25) is 0 Å². The van der Waals surface area contributed by atoms with Gasteiger partial charge >= 0.3 is 6.09 Å². The first-order chi connectivity index (χ1) is 12.9. The number of amides is 2. The largest absolute Gasteiger partial charge is 0.465 e. The molecule has 2 aliphatic rings. The third-order valence-corrected chi connectivity index (χ3v) is 5.63. The molecule has 2 aromatic rings. The van der Waals surface area contributed by atoms with Crippen molar-refractivity contribution in [3.05, 3.63) is 42.1 Å². The minimum atomic E-state index is -0.930. The smallest absolute Gasteiger partial charge is 0.407 e. The van der Waals surface area contributed by atoms with E-state index in [2.05, 4.69) is 10.00 Å². The minimum absolute atomic E-state index is 0.0133. The molecule has 0 saturated carbocycles. The fourth-order valence-electron chi connectivity index (χ4n) is 4.22. The quantitative estimate of drug-likeness (QED) is 0.876. The Hall–Kier alpha value is -3.03. The summed E-state index contributed by atoms with van der Waals surface area (Å²) in [5.41, 5.74) is 1.09. The molecule has 2 saturated heterocycles. The monoisotopic (exact) mass is 369 g/mol. The van der Waals surface area contributed by atoms with Crippen molar-refractivity contribution in [2.45, 2.75) is 25.3 Å². The van der Waals surface area contributed by atoms with Gasteiger partial charge in [0.15, 0.2) is 0 Å². The zero-order valence-electron chi connectivity index (χ0n) is 15.5. The third kappa shape index (κ3) is 2.72. The number of anilines is 2. The van der Waals surface area contributed by atoms with Gasteiger partial charge in [0.05, 0.1) is 5.69 Å². The van der Waals surface area contributed by atoms with Crippen molar-refractivity contribution >= 4 is 23.5 Å². The second kappa shape index (κ2) is 6.29. The predicted octanol–water partition coefficient (Wildman–Crippen LogP) is 2.05. The van der Waals surface area contributed by atoms with E-state index in [0.717, 1.165) is 17.2 Å². The summed E-state index contributed by atoms with van der Waals surface area (Å²) in [5, 5.41) is 13.7.